The van der Waals surface area contributed by atoms with Crippen molar-refractivity contribution in [3.63, 3.8) is 0 Å². The summed E-state index contributed by atoms with van der Waals surface area (Å²) in [5.41, 5.74) is 1.65. The van der Waals surface area contributed by atoms with Gasteiger partial charge in [0, 0.05) is 39.4 Å². The molecule has 2 aromatic rings. The summed E-state index contributed by atoms with van der Waals surface area (Å²) in [6.45, 7) is 3.57. The number of benzene rings is 1. The first-order valence-electron chi connectivity index (χ1n) is 11.2. The zero-order valence-corrected chi connectivity index (χ0v) is 18.6. The van der Waals surface area contributed by atoms with E-state index in [0.29, 0.717) is 18.0 Å². The third kappa shape index (κ3) is 4.14. The van der Waals surface area contributed by atoms with Crippen LogP contribution in [0.25, 0.3) is 0 Å². The summed E-state index contributed by atoms with van der Waals surface area (Å²) in [5.74, 6) is 2.06. The fourth-order valence-electron chi connectivity index (χ4n) is 4.95. The number of nitrogens with one attached hydrogen (secondary N) is 1. The smallest absolute Gasteiger partial charge is 0.269 e. The second-order valence-electron chi connectivity index (χ2n) is 8.82. The molecule has 9 heteroatoms. The molecule has 1 unspecified atom stereocenters. The maximum Gasteiger partial charge on any atom is 0.269 e. The van der Waals surface area contributed by atoms with Crippen LogP contribution in [-0.4, -0.2) is 65.8 Å². The van der Waals surface area contributed by atoms with E-state index in [1.54, 1.807) is 31.1 Å². The molecule has 1 N–H and O–H groups in total. The predicted molar refractivity (Wildman–Crippen MR) is 116 cm³/mol. The number of piperidine rings is 1. The molecule has 1 aromatic carbocycles. The minimum absolute atomic E-state index is 0.0645. The lowest BCUT2D eigenvalue weighted by Crippen LogP contribution is -2.44. The average molecular weight is 443 g/mol. The second kappa shape index (κ2) is 8.63. The molecule has 172 valence electrons. The molecule has 3 aliphatic heterocycles. The van der Waals surface area contributed by atoms with Gasteiger partial charge in [-0.25, -0.2) is 0 Å². The Bertz CT molecular complexity index is 983. The molecule has 1 atom stereocenters. The minimum Gasteiger partial charge on any atom is -0.493 e. The predicted octanol–water partition coefficient (Wildman–Crippen LogP) is 2.10. The highest BCUT2D eigenvalue weighted by molar-refractivity contribution is 5.92. The first-order chi connectivity index (χ1) is 15.5. The van der Waals surface area contributed by atoms with Crippen molar-refractivity contribution in [1.82, 2.24) is 20.0 Å². The van der Waals surface area contributed by atoms with Crippen molar-refractivity contribution in [3.8, 4) is 17.2 Å². The molecule has 0 bridgehead atoms. The van der Waals surface area contributed by atoms with Gasteiger partial charge in [-0.2, -0.15) is 5.10 Å². The number of aryl methyl sites for hydroxylation is 1. The first kappa shape index (κ1) is 21.1. The Balaban J connectivity index is 1.12. The fraction of sp³-hybridized carbons (Fsp3) is 0.565. The number of aromatic nitrogens is 2. The Kier molecular flexibility index (Phi) is 5.69. The van der Waals surface area contributed by atoms with Gasteiger partial charge in [0.15, 0.2) is 11.5 Å². The molecule has 0 aliphatic carbocycles. The van der Waals surface area contributed by atoms with Gasteiger partial charge >= 0.3 is 0 Å². The van der Waals surface area contributed by atoms with Crippen molar-refractivity contribution in [1.29, 1.82) is 0 Å². The number of hydrogen-bond acceptors (Lipinski definition) is 7. The van der Waals surface area contributed by atoms with E-state index in [4.69, 9.17) is 18.9 Å². The fourth-order valence-corrected chi connectivity index (χ4v) is 4.95. The molecule has 1 amide bonds. The number of amides is 1. The van der Waals surface area contributed by atoms with Gasteiger partial charge in [0.2, 0.25) is 12.5 Å². The lowest BCUT2D eigenvalue weighted by molar-refractivity contribution is -0.0764. The van der Waals surface area contributed by atoms with Crippen LogP contribution < -0.4 is 19.5 Å². The van der Waals surface area contributed by atoms with Gasteiger partial charge in [-0.1, -0.05) is 0 Å². The van der Waals surface area contributed by atoms with Crippen LogP contribution in [0.15, 0.2) is 24.4 Å². The highest BCUT2D eigenvalue weighted by atomic mass is 16.7. The second-order valence-corrected chi connectivity index (χ2v) is 8.82. The largest absolute Gasteiger partial charge is 0.493 e. The molecule has 0 saturated carbocycles. The summed E-state index contributed by atoms with van der Waals surface area (Å²) >= 11 is 0. The molecule has 2 fully saturated rings. The Morgan fingerprint density at radius 2 is 2.12 bits per heavy atom. The van der Waals surface area contributed by atoms with Crippen molar-refractivity contribution < 1.29 is 23.7 Å². The van der Waals surface area contributed by atoms with Crippen molar-refractivity contribution in [2.24, 2.45) is 7.05 Å². The van der Waals surface area contributed by atoms with Crippen LogP contribution in [0, 0.1) is 0 Å². The van der Waals surface area contributed by atoms with Gasteiger partial charge in [-0.3, -0.25) is 14.4 Å². The number of hydrogen-bond donors (Lipinski definition) is 1. The number of likely N-dealkylation sites (tertiary alicyclic amines) is 1. The van der Waals surface area contributed by atoms with Crippen molar-refractivity contribution in [2.45, 2.75) is 43.9 Å². The van der Waals surface area contributed by atoms with Crippen LogP contribution in [0.1, 0.15) is 41.7 Å². The zero-order valence-electron chi connectivity index (χ0n) is 18.6. The molecular weight excluding hydrogens is 412 g/mol. The third-order valence-electron chi connectivity index (χ3n) is 6.77. The average Bonchev–Trinajstić information content (AvgIpc) is 3.53. The van der Waals surface area contributed by atoms with Crippen LogP contribution in [-0.2, 0) is 18.3 Å². The monoisotopic (exact) mass is 442 g/mol. The van der Waals surface area contributed by atoms with E-state index >= 15 is 0 Å². The summed E-state index contributed by atoms with van der Waals surface area (Å²) in [5, 5.41) is 7.04. The number of fused-ring (bicyclic) bond motifs is 1. The van der Waals surface area contributed by atoms with Gasteiger partial charge < -0.3 is 24.3 Å². The van der Waals surface area contributed by atoms with Crippen LogP contribution >= 0.6 is 0 Å². The summed E-state index contributed by atoms with van der Waals surface area (Å²) in [7, 11) is 3.42. The number of ether oxygens (including phenoxy) is 4. The van der Waals surface area contributed by atoms with Gasteiger partial charge in [0.05, 0.1) is 18.8 Å². The standard InChI is InChI=1S/C23H30N4O5/c1-26-18(4-8-25-26)22(28)24-13-17-3-5-23(32-17)6-9-27(10-7-23)14-16-11-19(29-2)21-20(12-16)30-15-31-21/h4,8,11-12,17H,3,5-7,9-10,13-15H2,1-2H3,(H,24,28). The van der Waals surface area contributed by atoms with E-state index in [1.165, 1.54) is 0 Å². The molecule has 5 rings (SSSR count). The maximum atomic E-state index is 12.3. The van der Waals surface area contributed by atoms with Gasteiger partial charge in [-0.15, -0.1) is 0 Å². The molecule has 3 aliphatic rings. The Labute approximate surface area is 187 Å². The lowest BCUT2D eigenvalue weighted by atomic mass is 9.88. The Morgan fingerprint density at radius 1 is 1.28 bits per heavy atom. The van der Waals surface area contributed by atoms with Gasteiger partial charge in [-0.05, 0) is 49.4 Å². The lowest BCUT2D eigenvalue weighted by Gasteiger charge is -2.39. The number of nitrogens with zero attached hydrogens (tertiary/aromatic N) is 3. The quantitative estimate of drug-likeness (QED) is 0.733. The van der Waals surface area contributed by atoms with Crippen LogP contribution in [0.2, 0.25) is 0 Å². The minimum atomic E-state index is -0.108. The van der Waals surface area contributed by atoms with Crippen molar-refractivity contribution in [3.05, 3.63) is 35.7 Å². The third-order valence-corrected chi connectivity index (χ3v) is 6.77. The number of methoxy groups -OCH3 is 1. The maximum absolute atomic E-state index is 12.3. The number of rotatable bonds is 6. The molecular formula is C23H30N4O5. The summed E-state index contributed by atoms with van der Waals surface area (Å²) < 4.78 is 24.6. The highest BCUT2D eigenvalue weighted by Crippen LogP contribution is 2.43. The topological polar surface area (TPSA) is 87.1 Å². The normalized spacial score (nSPS) is 21.8. The van der Waals surface area contributed by atoms with E-state index in [0.717, 1.165) is 62.4 Å². The molecule has 1 spiro atoms. The zero-order chi connectivity index (χ0) is 22.1. The molecule has 2 saturated heterocycles. The molecule has 1 aromatic heterocycles. The van der Waals surface area contributed by atoms with Crippen LogP contribution in [0.3, 0.4) is 0 Å². The van der Waals surface area contributed by atoms with Gasteiger partial charge in [0.1, 0.15) is 5.69 Å². The number of carbonyl (C=O) groups excluding carboxylic acids is 1. The Hall–Kier alpha value is -2.78. The molecule has 9 nitrogen and oxygen atoms in total. The van der Waals surface area contributed by atoms with Gasteiger partial charge in [0.25, 0.3) is 5.91 Å². The van der Waals surface area contributed by atoms with Crippen molar-refractivity contribution >= 4 is 5.91 Å². The van der Waals surface area contributed by atoms with E-state index in [-0.39, 0.29) is 24.4 Å². The molecule has 0 radical (unpaired) electrons. The molecule has 32 heavy (non-hydrogen) atoms. The first-order valence-corrected chi connectivity index (χ1v) is 11.2. The van der Waals surface area contributed by atoms with E-state index in [1.807, 2.05) is 12.1 Å². The summed E-state index contributed by atoms with van der Waals surface area (Å²) in [6, 6.07) is 5.80. The summed E-state index contributed by atoms with van der Waals surface area (Å²) in [6.07, 6.45) is 5.72. The van der Waals surface area contributed by atoms with Crippen molar-refractivity contribution in [2.75, 3.05) is 33.5 Å². The van der Waals surface area contributed by atoms with E-state index in [2.05, 4.69) is 15.3 Å². The highest BCUT2D eigenvalue weighted by Gasteiger charge is 2.42. The Morgan fingerprint density at radius 3 is 2.88 bits per heavy atom. The van der Waals surface area contributed by atoms with Crippen LogP contribution in [0.4, 0.5) is 0 Å². The van der Waals surface area contributed by atoms with E-state index < -0.39 is 0 Å². The SMILES string of the molecule is COc1cc(CN2CCC3(CCC(CNC(=O)c4ccnn4C)O3)CC2)cc2c1OCO2. The van der Waals surface area contributed by atoms with Crippen LogP contribution in [0.5, 0.6) is 17.2 Å². The molecule has 4 heterocycles. The van der Waals surface area contributed by atoms with E-state index in [9.17, 15) is 4.79 Å². The number of carbonyl (C=O) groups is 1. The summed E-state index contributed by atoms with van der Waals surface area (Å²) in [4.78, 5) is 14.8.